The number of likely N-dealkylation sites (N-methyl/N-ethyl adjacent to an activating group) is 1. The largest absolute Gasteiger partial charge is 0.334 e. The number of nitrogens with zero attached hydrogens (tertiary/aromatic N) is 3. The Balaban J connectivity index is 1.87. The topological polar surface area (TPSA) is 66.7 Å². The fourth-order valence-corrected chi connectivity index (χ4v) is 5.46. The van der Waals surface area contributed by atoms with Crippen molar-refractivity contribution in [3.8, 4) is 0 Å². The van der Waals surface area contributed by atoms with E-state index in [2.05, 4.69) is 31.4 Å². The summed E-state index contributed by atoms with van der Waals surface area (Å²) in [5.74, 6) is 0.172. The van der Waals surface area contributed by atoms with Gasteiger partial charge in [0.15, 0.2) is 0 Å². The molecule has 1 aliphatic heterocycles. The summed E-state index contributed by atoms with van der Waals surface area (Å²) in [6, 6.07) is 13.1. The Labute approximate surface area is 200 Å². The van der Waals surface area contributed by atoms with Crippen LogP contribution < -0.4 is 0 Å². The molecular weight excluding hydrogens is 434 g/mol. The molecule has 0 aliphatic carbocycles. The molecule has 0 radical (unpaired) electrons. The molecule has 1 unspecified atom stereocenters. The van der Waals surface area contributed by atoms with E-state index in [1.54, 1.807) is 12.1 Å². The van der Waals surface area contributed by atoms with Crippen molar-refractivity contribution in [2.75, 3.05) is 27.2 Å². The highest BCUT2D eigenvalue weighted by Gasteiger charge is 2.29. The molecule has 3 rings (SSSR count). The molecule has 0 N–H and O–H groups in total. The Bertz CT molecular complexity index is 1040. The van der Waals surface area contributed by atoms with Crippen LogP contribution in [0, 0.1) is 10.1 Å². The average Bonchev–Trinajstić information content (AvgIpc) is 2.78. The summed E-state index contributed by atoms with van der Waals surface area (Å²) in [7, 11) is 4.01. The van der Waals surface area contributed by atoms with Crippen molar-refractivity contribution in [2.24, 2.45) is 0 Å². The van der Waals surface area contributed by atoms with E-state index >= 15 is 0 Å². The van der Waals surface area contributed by atoms with E-state index in [0.717, 1.165) is 36.3 Å². The SMILES string of the molecule is C=C(C(=O)N1CCCCC1CN(C)C)c1ccc(Sc2ccccc2C(C)C)c([N+](=O)[O-])c1. The zero-order valence-corrected chi connectivity index (χ0v) is 20.7. The Hall–Kier alpha value is -2.64. The number of rotatable bonds is 8. The van der Waals surface area contributed by atoms with Crippen molar-refractivity contribution in [1.82, 2.24) is 9.80 Å². The van der Waals surface area contributed by atoms with Gasteiger partial charge in [0.25, 0.3) is 11.6 Å². The lowest BCUT2D eigenvalue weighted by Crippen LogP contribution is -2.48. The van der Waals surface area contributed by atoms with Crippen LogP contribution in [0.25, 0.3) is 5.57 Å². The predicted molar refractivity (Wildman–Crippen MR) is 135 cm³/mol. The summed E-state index contributed by atoms with van der Waals surface area (Å²) in [4.78, 5) is 30.4. The van der Waals surface area contributed by atoms with E-state index in [9.17, 15) is 14.9 Å². The van der Waals surface area contributed by atoms with Crippen LogP contribution in [0.4, 0.5) is 5.69 Å². The molecule has 2 aromatic rings. The summed E-state index contributed by atoms with van der Waals surface area (Å²) < 4.78 is 0. The number of hydrogen-bond donors (Lipinski definition) is 0. The normalized spacial score (nSPS) is 16.3. The minimum absolute atomic E-state index is 0.00602. The molecule has 176 valence electrons. The van der Waals surface area contributed by atoms with Gasteiger partial charge in [-0.25, -0.2) is 0 Å². The molecule has 1 saturated heterocycles. The maximum absolute atomic E-state index is 13.3. The molecule has 0 saturated carbocycles. The van der Waals surface area contributed by atoms with Gasteiger partial charge < -0.3 is 9.80 Å². The third-order valence-electron chi connectivity index (χ3n) is 5.99. The number of benzene rings is 2. The highest BCUT2D eigenvalue weighted by Crippen LogP contribution is 2.39. The van der Waals surface area contributed by atoms with Crippen LogP contribution in [0.5, 0.6) is 0 Å². The van der Waals surface area contributed by atoms with Crippen LogP contribution in [0.2, 0.25) is 0 Å². The molecule has 1 atom stereocenters. The standard InChI is InChI=1S/C26H33N3O3S/c1-18(2)22-11-6-7-12-24(22)33-25-14-13-20(16-23(25)29(31)32)19(3)26(30)28-15-9-8-10-21(28)17-27(4)5/h6-7,11-14,16,18,21H,3,8-10,15,17H2,1-2,4-5H3. The molecule has 0 bridgehead atoms. The van der Waals surface area contributed by atoms with Gasteiger partial charge in [-0.05, 0) is 62.5 Å². The van der Waals surface area contributed by atoms with E-state index < -0.39 is 0 Å². The molecule has 7 heteroatoms. The molecule has 1 heterocycles. The fourth-order valence-electron chi connectivity index (χ4n) is 4.28. The van der Waals surface area contributed by atoms with Gasteiger partial charge in [0.1, 0.15) is 0 Å². The van der Waals surface area contributed by atoms with Gasteiger partial charge >= 0.3 is 0 Å². The van der Waals surface area contributed by atoms with Crippen molar-refractivity contribution in [3.63, 3.8) is 0 Å². The van der Waals surface area contributed by atoms with Crippen LogP contribution in [-0.2, 0) is 4.79 Å². The molecule has 1 aliphatic rings. The number of hydrogen-bond acceptors (Lipinski definition) is 5. The summed E-state index contributed by atoms with van der Waals surface area (Å²) in [5.41, 5.74) is 1.95. The Morgan fingerprint density at radius 3 is 2.61 bits per heavy atom. The number of amides is 1. The summed E-state index contributed by atoms with van der Waals surface area (Å²) >= 11 is 1.39. The Morgan fingerprint density at radius 1 is 1.21 bits per heavy atom. The first-order valence-corrected chi connectivity index (χ1v) is 12.2. The van der Waals surface area contributed by atoms with E-state index in [0.29, 0.717) is 28.5 Å². The zero-order chi connectivity index (χ0) is 24.1. The van der Waals surface area contributed by atoms with E-state index in [1.165, 1.54) is 17.8 Å². The van der Waals surface area contributed by atoms with Crippen LogP contribution in [-0.4, -0.2) is 53.9 Å². The first-order chi connectivity index (χ1) is 15.7. The quantitative estimate of drug-likeness (QED) is 0.278. The fraction of sp³-hybridized carbons (Fsp3) is 0.423. The maximum Gasteiger partial charge on any atom is 0.283 e. The molecule has 1 fully saturated rings. The molecule has 6 nitrogen and oxygen atoms in total. The minimum Gasteiger partial charge on any atom is -0.334 e. The summed E-state index contributed by atoms with van der Waals surface area (Å²) in [6.07, 6.45) is 3.03. The summed E-state index contributed by atoms with van der Waals surface area (Å²) in [5, 5.41) is 11.9. The zero-order valence-electron chi connectivity index (χ0n) is 19.9. The van der Waals surface area contributed by atoms with Crippen molar-refractivity contribution in [1.29, 1.82) is 0 Å². The Kier molecular flexibility index (Phi) is 8.32. The summed E-state index contributed by atoms with van der Waals surface area (Å²) in [6.45, 7) is 9.73. The Morgan fingerprint density at radius 2 is 1.94 bits per heavy atom. The molecule has 0 aromatic heterocycles. The molecule has 33 heavy (non-hydrogen) atoms. The van der Waals surface area contributed by atoms with Crippen molar-refractivity contribution in [3.05, 3.63) is 70.3 Å². The van der Waals surface area contributed by atoms with Crippen LogP contribution in [0.3, 0.4) is 0 Å². The van der Waals surface area contributed by atoms with Crippen LogP contribution in [0.1, 0.15) is 50.2 Å². The number of likely N-dealkylation sites (tertiary alicyclic amines) is 1. The monoisotopic (exact) mass is 467 g/mol. The van der Waals surface area contributed by atoms with Crippen molar-refractivity contribution in [2.45, 2.75) is 54.9 Å². The molecular formula is C26H33N3O3S. The van der Waals surface area contributed by atoms with Gasteiger partial charge in [0.05, 0.1) is 9.82 Å². The van der Waals surface area contributed by atoms with Gasteiger partial charge in [-0.1, -0.05) is 56.5 Å². The van der Waals surface area contributed by atoms with E-state index in [-0.39, 0.29) is 22.6 Å². The lowest BCUT2D eigenvalue weighted by molar-refractivity contribution is -0.387. The van der Waals surface area contributed by atoms with Gasteiger partial charge in [-0.3, -0.25) is 14.9 Å². The van der Waals surface area contributed by atoms with Gasteiger partial charge in [-0.15, -0.1) is 0 Å². The van der Waals surface area contributed by atoms with Gasteiger partial charge in [-0.2, -0.15) is 0 Å². The van der Waals surface area contributed by atoms with E-state index in [4.69, 9.17) is 0 Å². The molecule has 2 aromatic carbocycles. The molecule has 0 spiro atoms. The maximum atomic E-state index is 13.3. The second kappa shape index (κ2) is 11.0. The van der Waals surface area contributed by atoms with Crippen molar-refractivity contribution >= 4 is 28.9 Å². The molecule has 1 amide bonds. The lowest BCUT2D eigenvalue weighted by atomic mass is 9.98. The third kappa shape index (κ3) is 6.03. The van der Waals surface area contributed by atoms with Gasteiger partial charge in [0, 0.05) is 35.7 Å². The van der Waals surface area contributed by atoms with Crippen LogP contribution >= 0.6 is 11.8 Å². The predicted octanol–water partition coefficient (Wildman–Crippen LogP) is 5.83. The smallest absolute Gasteiger partial charge is 0.283 e. The highest BCUT2D eigenvalue weighted by atomic mass is 32.2. The lowest BCUT2D eigenvalue weighted by Gasteiger charge is -2.37. The average molecular weight is 468 g/mol. The first kappa shape index (κ1) is 25.0. The second-order valence-electron chi connectivity index (χ2n) is 9.12. The third-order valence-corrected chi connectivity index (χ3v) is 7.14. The van der Waals surface area contributed by atoms with E-state index in [1.807, 2.05) is 37.2 Å². The van der Waals surface area contributed by atoms with Crippen LogP contribution in [0.15, 0.2) is 58.8 Å². The second-order valence-corrected chi connectivity index (χ2v) is 10.2. The minimum atomic E-state index is -0.378. The number of carbonyl (C=O) groups excluding carboxylic acids is 1. The van der Waals surface area contributed by atoms with Gasteiger partial charge in [0.2, 0.25) is 0 Å². The number of carbonyl (C=O) groups is 1. The number of piperidine rings is 1. The van der Waals surface area contributed by atoms with Crippen molar-refractivity contribution < 1.29 is 9.72 Å². The number of nitro benzene ring substituents is 1. The highest BCUT2D eigenvalue weighted by molar-refractivity contribution is 7.99. The first-order valence-electron chi connectivity index (χ1n) is 11.4. The number of nitro groups is 1.